The van der Waals surface area contributed by atoms with Gasteiger partial charge in [0.1, 0.15) is 5.82 Å². The number of rotatable bonds is 4. The lowest BCUT2D eigenvalue weighted by Gasteiger charge is -2.33. The van der Waals surface area contributed by atoms with Crippen LogP contribution in [0.2, 0.25) is 5.02 Å². The number of imidazole rings is 1. The number of hydrogen-bond donors (Lipinski definition) is 0. The van der Waals surface area contributed by atoms with Crippen LogP contribution < -0.4 is 0 Å². The van der Waals surface area contributed by atoms with Gasteiger partial charge in [0.05, 0.1) is 0 Å². The molecule has 0 spiro atoms. The summed E-state index contributed by atoms with van der Waals surface area (Å²) >= 11 is 5.93. The first-order valence-corrected chi connectivity index (χ1v) is 9.64. The maximum Gasteiger partial charge on any atom is 0.253 e. The summed E-state index contributed by atoms with van der Waals surface area (Å²) in [6, 6.07) is 7.18. The van der Waals surface area contributed by atoms with Crippen LogP contribution in [0.1, 0.15) is 54.2 Å². The first-order valence-electron chi connectivity index (χ1n) is 9.26. The Labute approximate surface area is 153 Å². The molecule has 25 heavy (non-hydrogen) atoms. The summed E-state index contributed by atoms with van der Waals surface area (Å²) in [5.74, 6) is 2.39. The molecule has 2 fully saturated rings. The summed E-state index contributed by atoms with van der Waals surface area (Å²) in [5.41, 5.74) is 0.711. The molecule has 2 heterocycles. The first-order chi connectivity index (χ1) is 12.2. The van der Waals surface area contributed by atoms with E-state index in [1.165, 1.54) is 19.3 Å². The van der Waals surface area contributed by atoms with E-state index in [9.17, 15) is 4.79 Å². The predicted octanol–water partition coefficient (Wildman–Crippen LogP) is 4.36. The second-order valence-electron chi connectivity index (χ2n) is 7.33. The lowest BCUT2D eigenvalue weighted by atomic mass is 9.85. The van der Waals surface area contributed by atoms with Crippen molar-refractivity contribution in [3.63, 3.8) is 0 Å². The van der Waals surface area contributed by atoms with Crippen molar-refractivity contribution in [1.82, 2.24) is 14.5 Å². The third-order valence-electron chi connectivity index (χ3n) is 5.59. The first kappa shape index (κ1) is 16.6. The minimum absolute atomic E-state index is 0.0958. The van der Waals surface area contributed by atoms with Gasteiger partial charge in [-0.05, 0) is 55.9 Å². The van der Waals surface area contributed by atoms with Crippen molar-refractivity contribution in [2.24, 2.45) is 5.92 Å². The number of amides is 1. The molecule has 0 N–H and O–H groups in total. The fraction of sp³-hybridized carbons (Fsp3) is 0.500. The standard InChI is InChI=1S/C20H24ClN3O/c21-18-8-6-16(7-9-18)20(25)24-11-2-5-17(14-24)19-22-10-12-23(19)13-15-3-1-4-15/h6-10,12,15,17H,1-5,11,13-14H2. The molecule has 1 saturated carbocycles. The van der Waals surface area contributed by atoms with Crippen LogP contribution in [0.4, 0.5) is 0 Å². The number of piperidine rings is 1. The van der Waals surface area contributed by atoms with Crippen molar-refractivity contribution < 1.29 is 4.79 Å². The molecular formula is C20H24ClN3O. The molecule has 1 aromatic heterocycles. The molecule has 5 heteroatoms. The molecule has 0 bridgehead atoms. The summed E-state index contributed by atoms with van der Waals surface area (Å²) in [7, 11) is 0. The van der Waals surface area contributed by atoms with Crippen LogP contribution in [0.15, 0.2) is 36.7 Å². The summed E-state index contributed by atoms with van der Waals surface area (Å²) in [4.78, 5) is 19.4. The summed E-state index contributed by atoms with van der Waals surface area (Å²) in [6.45, 7) is 2.65. The highest BCUT2D eigenvalue weighted by molar-refractivity contribution is 6.30. The van der Waals surface area contributed by atoms with Gasteiger partial charge in [0, 0.05) is 48.5 Å². The zero-order valence-electron chi connectivity index (χ0n) is 14.4. The minimum atomic E-state index is 0.0958. The smallest absolute Gasteiger partial charge is 0.253 e. The number of carbonyl (C=O) groups is 1. The van der Waals surface area contributed by atoms with Crippen LogP contribution in [-0.4, -0.2) is 33.4 Å². The van der Waals surface area contributed by atoms with E-state index < -0.39 is 0 Å². The largest absolute Gasteiger partial charge is 0.338 e. The molecule has 1 saturated heterocycles. The summed E-state index contributed by atoms with van der Waals surface area (Å²) < 4.78 is 2.32. The van der Waals surface area contributed by atoms with Crippen molar-refractivity contribution in [3.05, 3.63) is 53.1 Å². The molecule has 1 amide bonds. The number of hydrogen-bond acceptors (Lipinski definition) is 2. The van der Waals surface area contributed by atoms with Gasteiger partial charge in [-0.15, -0.1) is 0 Å². The van der Waals surface area contributed by atoms with Gasteiger partial charge in [-0.2, -0.15) is 0 Å². The Balaban J connectivity index is 1.46. The van der Waals surface area contributed by atoms with Crippen LogP contribution >= 0.6 is 11.6 Å². The van der Waals surface area contributed by atoms with Crippen molar-refractivity contribution in [2.45, 2.75) is 44.6 Å². The van der Waals surface area contributed by atoms with Crippen LogP contribution in [0.3, 0.4) is 0 Å². The van der Waals surface area contributed by atoms with Crippen molar-refractivity contribution >= 4 is 17.5 Å². The van der Waals surface area contributed by atoms with Gasteiger partial charge in [-0.1, -0.05) is 18.0 Å². The van der Waals surface area contributed by atoms with E-state index >= 15 is 0 Å². The zero-order valence-corrected chi connectivity index (χ0v) is 15.2. The lowest BCUT2D eigenvalue weighted by Crippen LogP contribution is -2.40. The fourth-order valence-corrected chi connectivity index (χ4v) is 4.06. The van der Waals surface area contributed by atoms with E-state index in [2.05, 4.69) is 15.7 Å². The molecular weight excluding hydrogens is 334 g/mol. The lowest BCUT2D eigenvalue weighted by molar-refractivity contribution is 0.0702. The van der Waals surface area contributed by atoms with Crippen molar-refractivity contribution in [1.29, 1.82) is 0 Å². The van der Waals surface area contributed by atoms with E-state index in [0.29, 0.717) is 16.5 Å². The van der Waals surface area contributed by atoms with Gasteiger partial charge in [0.25, 0.3) is 5.91 Å². The molecule has 1 aliphatic heterocycles. The van der Waals surface area contributed by atoms with Crippen LogP contribution in [0.25, 0.3) is 0 Å². The SMILES string of the molecule is O=C(c1ccc(Cl)cc1)N1CCCC(c2nccn2CC2CCC2)C1. The highest BCUT2D eigenvalue weighted by Gasteiger charge is 2.29. The normalized spacial score (nSPS) is 21.2. The number of halogens is 1. The van der Waals surface area contributed by atoms with E-state index in [1.807, 2.05) is 23.2 Å². The number of nitrogens with zero attached hydrogens (tertiary/aromatic N) is 3. The van der Waals surface area contributed by atoms with E-state index in [1.54, 1.807) is 12.1 Å². The second kappa shape index (κ2) is 7.20. The summed E-state index contributed by atoms with van der Waals surface area (Å²) in [5, 5.41) is 0.658. The zero-order chi connectivity index (χ0) is 17.2. The molecule has 4 nitrogen and oxygen atoms in total. The Morgan fingerprint density at radius 1 is 1.16 bits per heavy atom. The predicted molar refractivity (Wildman–Crippen MR) is 98.9 cm³/mol. The number of likely N-dealkylation sites (tertiary alicyclic amines) is 1. The third-order valence-corrected chi connectivity index (χ3v) is 5.84. The Kier molecular flexibility index (Phi) is 4.80. The van der Waals surface area contributed by atoms with E-state index in [4.69, 9.17) is 11.6 Å². The van der Waals surface area contributed by atoms with Gasteiger partial charge >= 0.3 is 0 Å². The molecule has 132 valence electrons. The van der Waals surface area contributed by atoms with Gasteiger partial charge in [0.15, 0.2) is 0 Å². The third kappa shape index (κ3) is 3.59. The minimum Gasteiger partial charge on any atom is -0.338 e. The molecule has 2 aliphatic rings. The van der Waals surface area contributed by atoms with Gasteiger partial charge in [0.2, 0.25) is 0 Å². The van der Waals surface area contributed by atoms with Crippen LogP contribution in [0.5, 0.6) is 0 Å². The van der Waals surface area contributed by atoms with E-state index in [-0.39, 0.29) is 5.91 Å². The topological polar surface area (TPSA) is 38.1 Å². The second-order valence-corrected chi connectivity index (χ2v) is 7.77. The quantitative estimate of drug-likeness (QED) is 0.815. The van der Waals surface area contributed by atoms with Gasteiger partial charge < -0.3 is 9.47 Å². The fourth-order valence-electron chi connectivity index (χ4n) is 3.94. The Morgan fingerprint density at radius 2 is 1.96 bits per heavy atom. The molecule has 1 aromatic carbocycles. The molecule has 4 rings (SSSR count). The molecule has 1 unspecified atom stereocenters. The highest BCUT2D eigenvalue weighted by atomic mass is 35.5. The Bertz CT molecular complexity index is 736. The number of benzene rings is 1. The number of aromatic nitrogens is 2. The van der Waals surface area contributed by atoms with Gasteiger partial charge in [-0.25, -0.2) is 4.98 Å². The van der Waals surface area contributed by atoms with Gasteiger partial charge in [-0.3, -0.25) is 4.79 Å². The van der Waals surface area contributed by atoms with Crippen LogP contribution in [0, 0.1) is 5.92 Å². The van der Waals surface area contributed by atoms with Crippen LogP contribution in [-0.2, 0) is 6.54 Å². The van der Waals surface area contributed by atoms with Crippen molar-refractivity contribution in [3.8, 4) is 0 Å². The van der Waals surface area contributed by atoms with Crippen molar-refractivity contribution in [2.75, 3.05) is 13.1 Å². The number of carbonyl (C=O) groups excluding carboxylic acids is 1. The molecule has 0 radical (unpaired) electrons. The highest BCUT2D eigenvalue weighted by Crippen LogP contribution is 2.31. The Morgan fingerprint density at radius 3 is 2.68 bits per heavy atom. The summed E-state index contributed by atoms with van der Waals surface area (Å²) in [6.07, 6.45) is 10.2. The maximum atomic E-state index is 12.8. The average Bonchev–Trinajstić information content (AvgIpc) is 3.07. The van der Waals surface area contributed by atoms with E-state index in [0.717, 1.165) is 44.2 Å². The average molecular weight is 358 g/mol. The molecule has 1 aliphatic carbocycles. The maximum absolute atomic E-state index is 12.8. The molecule has 2 aromatic rings. The monoisotopic (exact) mass is 357 g/mol. The Hall–Kier alpha value is -1.81. The molecule has 1 atom stereocenters.